The molecule has 0 aliphatic heterocycles. The van der Waals surface area contributed by atoms with Gasteiger partial charge in [-0.3, -0.25) is 0 Å². The first-order valence-corrected chi connectivity index (χ1v) is 7.82. The number of aliphatic hydroxyl groups excluding tert-OH is 1. The van der Waals surface area contributed by atoms with Crippen LogP contribution in [-0.4, -0.2) is 24.4 Å². The molecular weight excluding hydrogens is 274 g/mol. The zero-order chi connectivity index (χ0) is 15.5. The van der Waals surface area contributed by atoms with Gasteiger partial charge in [0.15, 0.2) is 0 Å². The van der Waals surface area contributed by atoms with Gasteiger partial charge in [-0.05, 0) is 54.0 Å². The lowest BCUT2D eigenvalue weighted by Crippen LogP contribution is -2.28. The molecule has 1 aliphatic rings. The van der Waals surface area contributed by atoms with Crippen LogP contribution < -0.4 is 10.5 Å². The summed E-state index contributed by atoms with van der Waals surface area (Å²) in [6.45, 7) is 0. The van der Waals surface area contributed by atoms with Crippen LogP contribution in [0.5, 0.6) is 5.75 Å². The normalized spacial score (nSPS) is 24.4. The van der Waals surface area contributed by atoms with Crippen molar-refractivity contribution in [3.05, 3.63) is 54.1 Å². The highest BCUT2D eigenvalue weighted by molar-refractivity contribution is 5.64. The Balaban J connectivity index is 1.67. The molecule has 0 heterocycles. The standard InChI is InChI=1S/C19H23NO2/c1-22-17-8-6-16(7-9-17)15-4-2-13(3-5-15)10-14-11-18(20)19(21)12-14/h2-9,14,18-19,21H,10-12,20H2,1H3/t14-,18+,19+/m0/s1. The summed E-state index contributed by atoms with van der Waals surface area (Å²) in [6, 6.07) is 16.7. The molecule has 0 spiro atoms. The molecule has 0 unspecified atom stereocenters. The van der Waals surface area contributed by atoms with Gasteiger partial charge in [0.1, 0.15) is 5.75 Å². The Morgan fingerprint density at radius 2 is 1.59 bits per heavy atom. The fourth-order valence-electron chi connectivity index (χ4n) is 3.27. The van der Waals surface area contributed by atoms with Crippen LogP contribution in [0.2, 0.25) is 0 Å². The molecule has 1 fully saturated rings. The van der Waals surface area contributed by atoms with Crippen LogP contribution in [0.25, 0.3) is 11.1 Å². The maximum atomic E-state index is 9.75. The van der Waals surface area contributed by atoms with Gasteiger partial charge >= 0.3 is 0 Å². The zero-order valence-electron chi connectivity index (χ0n) is 12.9. The average Bonchev–Trinajstić information content (AvgIpc) is 2.86. The van der Waals surface area contributed by atoms with Gasteiger partial charge in [0.05, 0.1) is 13.2 Å². The number of nitrogens with two attached hydrogens (primary N) is 1. The van der Waals surface area contributed by atoms with Crippen LogP contribution in [0.3, 0.4) is 0 Å². The molecule has 3 heteroatoms. The largest absolute Gasteiger partial charge is 0.497 e. The summed E-state index contributed by atoms with van der Waals surface area (Å²) in [5, 5.41) is 9.75. The highest BCUT2D eigenvalue weighted by Gasteiger charge is 2.29. The smallest absolute Gasteiger partial charge is 0.118 e. The van der Waals surface area contributed by atoms with E-state index in [1.54, 1.807) is 7.11 Å². The van der Waals surface area contributed by atoms with Crippen LogP contribution in [-0.2, 0) is 6.42 Å². The minimum Gasteiger partial charge on any atom is -0.497 e. The van der Waals surface area contributed by atoms with Crippen LogP contribution in [0.4, 0.5) is 0 Å². The third kappa shape index (κ3) is 3.32. The molecule has 0 amide bonds. The second-order valence-corrected chi connectivity index (χ2v) is 6.20. The molecule has 0 radical (unpaired) electrons. The van der Waals surface area contributed by atoms with E-state index in [9.17, 15) is 5.11 Å². The summed E-state index contributed by atoms with van der Waals surface area (Å²) in [4.78, 5) is 0. The van der Waals surface area contributed by atoms with Crippen molar-refractivity contribution in [2.75, 3.05) is 7.11 Å². The van der Waals surface area contributed by atoms with E-state index >= 15 is 0 Å². The predicted octanol–water partition coefficient (Wildman–Crippen LogP) is 3.00. The van der Waals surface area contributed by atoms with E-state index in [1.807, 2.05) is 12.1 Å². The minimum atomic E-state index is -0.330. The van der Waals surface area contributed by atoms with Crippen molar-refractivity contribution in [3.8, 4) is 16.9 Å². The Morgan fingerprint density at radius 3 is 2.09 bits per heavy atom. The Bertz CT molecular complexity index is 596. The topological polar surface area (TPSA) is 55.5 Å². The summed E-state index contributed by atoms with van der Waals surface area (Å²) >= 11 is 0. The molecule has 3 rings (SSSR count). The molecule has 2 aromatic rings. The van der Waals surface area contributed by atoms with Crippen molar-refractivity contribution in [1.82, 2.24) is 0 Å². The fourth-order valence-corrected chi connectivity index (χ4v) is 3.27. The highest BCUT2D eigenvalue weighted by atomic mass is 16.5. The SMILES string of the molecule is COc1ccc(-c2ccc(C[C@H]3C[C@@H](N)[C@H](O)C3)cc2)cc1. The molecule has 3 atom stereocenters. The molecule has 0 aromatic heterocycles. The Kier molecular flexibility index (Phi) is 4.46. The van der Waals surface area contributed by atoms with Crippen molar-refractivity contribution in [1.29, 1.82) is 0 Å². The van der Waals surface area contributed by atoms with Crippen molar-refractivity contribution >= 4 is 0 Å². The summed E-state index contributed by atoms with van der Waals surface area (Å²) in [5.41, 5.74) is 9.58. The number of rotatable bonds is 4. The van der Waals surface area contributed by atoms with Gasteiger partial charge < -0.3 is 15.6 Å². The Hall–Kier alpha value is -1.84. The maximum absolute atomic E-state index is 9.75. The third-order valence-electron chi connectivity index (χ3n) is 4.58. The molecule has 1 aliphatic carbocycles. The van der Waals surface area contributed by atoms with E-state index < -0.39 is 0 Å². The first kappa shape index (κ1) is 15.1. The van der Waals surface area contributed by atoms with Crippen LogP contribution in [0.1, 0.15) is 18.4 Å². The van der Waals surface area contributed by atoms with Crippen LogP contribution in [0, 0.1) is 5.92 Å². The number of hydrogen-bond acceptors (Lipinski definition) is 3. The number of hydrogen-bond donors (Lipinski definition) is 2. The van der Waals surface area contributed by atoms with E-state index in [4.69, 9.17) is 10.5 Å². The summed E-state index contributed by atoms with van der Waals surface area (Å²) in [6.07, 6.45) is 2.40. The predicted molar refractivity (Wildman–Crippen MR) is 88.8 cm³/mol. The van der Waals surface area contributed by atoms with Crippen LogP contribution >= 0.6 is 0 Å². The second kappa shape index (κ2) is 6.51. The molecule has 3 N–H and O–H groups in total. The van der Waals surface area contributed by atoms with Gasteiger partial charge in [-0.2, -0.15) is 0 Å². The van der Waals surface area contributed by atoms with Crippen LogP contribution in [0.15, 0.2) is 48.5 Å². The summed E-state index contributed by atoms with van der Waals surface area (Å²) < 4.78 is 5.19. The zero-order valence-corrected chi connectivity index (χ0v) is 12.9. The lowest BCUT2D eigenvalue weighted by Gasteiger charge is -2.10. The van der Waals surface area contributed by atoms with Crippen molar-refractivity contribution in [3.63, 3.8) is 0 Å². The monoisotopic (exact) mass is 297 g/mol. The lowest BCUT2D eigenvalue weighted by molar-refractivity contribution is 0.161. The molecule has 2 aromatic carbocycles. The molecule has 0 bridgehead atoms. The first-order valence-electron chi connectivity index (χ1n) is 7.82. The molecule has 0 saturated heterocycles. The average molecular weight is 297 g/mol. The molecule has 116 valence electrons. The van der Waals surface area contributed by atoms with Crippen molar-refractivity contribution in [2.45, 2.75) is 31.4 Å². The van der Waals surface area contributed by atoms with Crippen molar-refractivity contribution in [2.24, 2.45) is 11.7 Å². The van der Waals surface area contributed by atoms with Gasteiger partial charge in [0, 0.05) is 6.04 Å². The number of benzene rings is 2. The quantitative estimate of drug-likeness (QED) is 0.912. The van der Waals surface area contributed by atoms with E-state index in [2.05, 4.69) is 36.4 Å². The molecular formula is C19H23NO2. The van der Waals surface area contributed by atoms with E-state index in [0.717, 1.165) is 25.0 Å². The van der Waals surface area contributed by atoms with Gasteiger partial charge in [-0.25, -0.2) is 0 Å². The number of methoxy groups -OCH3 is 1. The first-order chi connectivity index (χ1) is 10.7. The summed E-state index contributed by atoms with van der Waals surface area (Å²) in [5.74, 6) is 1.37. The van der Waals surface area contributed by atoms with Crippen molar-refractivity contribution < 1.29 is 9.84 Å². The number of ether oxygens (including phenoxy) is 1. The van der Waals surface area contributed by atoms with Gasteiger partial charge in [-0.15, -0.1) is 0 Å². The molecule has 3 nitrogen and oxygen atoms in total. The molecule has 22 heavy (non-hydrogen) atoms. The second-order valence-electron chi connectivity index (χ2n) is 6.20. The van der Waals surface area contributed by atoms with E-state index in [-0.39, 0.29) is 12.1 Å². The third-order valence-corrected chi connectivity index (χ3v) is 4.58. The fraction of sp³-hybridized carbons (Fsp3) is 0.368. The van der Waals surface area contributed by atoms with E-state index in [0.29, 0.717) is 5.92 Å². The molecule has 1 saturated carbocycles. The number of aliphatic hydroxyl groups is 1. The maximum Gasteiger partial charge on any atom is 0.118 e. The Labute approximate surface area is 131 Å². The van der Waals surface area contributed by atoms with Gasteiger partial charge in [0.2, 0.25) is 0 Å². The lowest BCUT2D eigenvalue weighted by atomic mass is 9.96. The summed E-state index contributed by atoms with van der Waals surface area (Å²) in [7, 11) is 1.68. The van der Waals surface area contributed by atoms with Gasteiger partial charge in [0.25, 0.3) is 0 Å². The van der Waals surface area contributed by atoms with E-state index in [1.165, 1.54) is 16.7 Å². The van der Waals surface area contributed by atoms with Gasteiger partial charge in [-0.1, -0.05) is 36.4 Å². The highest BCUT2D eigenvalue weighted by Crippen LogP contribution is 2.29. The minimum absolute atomic E-state index is 0.0522. The Morgan fingerprint density at radius 1 is 1.00 bits per heavy atom.